The predicted molar refractivity (Wildman–Crippen MR) is 135 cm³/mol. The molecule has 0 unspecified atom stereocenters. The molecule has 0 amide bonds. The van der Waals surface area contributed by atoms with Crippen LogP contribution in [0.5, 0.6) is 5.75 Å². The minimum atomic E-state index is 0.640. The molecule has 7 nitrogen and oxygen atoms in total. The molecule has 4 heterocycles. The summed E-state index contributed by atoms with van der Waals surface area (Å²) in [5, 5.41) is 5.17. The van der Waals surface area contributed by atoms with Crippen molar-refractivity contribution in [2.24, 2.45) is 0 Å². The Balaban J connectivity index is 1.18. The van der Waals surface area contributed by atoms with Crippen molar-refractivity contribution in [3.05, 3.63) is 82.8 Å². The molecule has 2 N–H and O–H groups in total. The van der Waals surface area contributed by atoms with Crippen LogP contribution >= 0.6 is 11.6 Å². The SMILES string of the molecule is Clc1ccc(CNc2ccc(Cc3c[nH]c4ncc(OCCN5CCOCC5)cc34)cn2)cc1. The van der Waals surface area contributed by atoms with Crippen LogP contribution in [0.4, 0.5) is 5.82 Å². The van der Waals surface area contributed by atoms with E-state index in [1.165, 1.54) is 5.56 Å². The highest BCUT2D eigenvalue weighted by molar-refractivity contribution is 6.30. The van der Waals surface area contributed by atoms with E-state index in [-0.39, 0.29) is 0 Å². The van der Waals surface area contributed by atoms with E-state index < -0.39 is 0 Å². The molecule has 1 fully saturated rings. The normalized spacial score (nSPS) is 14.4. The van der Waals surface area contributed by atoms with Crippen LogP contribution in [0.1, 0.15) is 16.7 Å². The van der Waals surface area contributed by atoms with Gasteiger partial charge in [-0.2, -0.15) is 0 Å². The zero-order valence-electron chi connectivity index (χ0n) is 19.0. The minimum Gasteiger partial charge on any atom is -0.491 e. The number of pyridine rings is 2. The Kier molecular flexibility index (Phi) is 7.24. The van der Waals surface area contributed by atoms with Gasteiger partial charge >= 0.3 is 0 Å². The Morgan fingerprint density at radius 1 is 1.03 bits per heavy atom. The van der Waals surface area contributed by atoms with Gasteiger partial charge in [0.15, 0.2) is 0 Å². The first-order chi connectivity index (χ1) is 16.7. The van der Waals surface area contributed by atoms with E-state index in [1.807, 2.05) is 42.7 Å². The summed E-state index contributed by atoms with van der Waals surface area (Å²) in [7, 11) is 0. The molecule has 176 valence electrons. The average Bonchev–Trinajstić information content (AvgIpc) is 3.27. The Labute approximate surface area is 204 Å². The highest BCUT2D eigenvalue weighted by atomic mass is 35.5. The second-order valence-corrected chi connectivity index (χ2v) is 8.83. The van der Waals surface area contributed by atoms with Gasteiger partial charge in [-0.25, -0.2) is 9.97 Å². The molecule has 0 aliphatic carbocycles. The van der Waals surface area contributed by atoms with Gasteiger partial charge in [-0.15, -0.1) is 0 Å². The van der Waals surface area contributed by atoms with Gasteiger partial charge in [-0.3, -0.25) is 4.90 Å². The molecular weight excluding hydrogens is 450 g/mol. The van der Waals surface area contributed by atoms with E-state index in [0.717, 1.165) is 78.0 Å². The first-order valence-electron chi connectivity index (χ1n) is 11.5. The van der Waals surface area contributed by atoms with Crippen LogP contribution in [0.3, 0.4) is 0 Å². The number of hydrogen-bond donors (Lipinski definition) is 2. The minimum absolute atomic E-state index is 0.640. The van der Waals surface area contributed by atoms with E-state index >= 15 is 0 Å². The molecule has 1 saturated heterocycles. The Morgan fingerprint density at radius 3 is 2.65 bits per heavy atom. The summed E-state index contributed by atoms with van der Waals surface area (Å²) in [5.41, 5.74) is 4.33. The van der Waals surface area contributed by atoms with Gasteiger partial charge in [-0.05, 0) is 41.0 Å². The second-order valence-electron chi connectivity index (χ2n) is 8.39. The predicted octanol–water partition coefficient (Wildman–Crippen LogP) is 4.53. The van der Waals surface area contributed by atoms with E-state index in [0.29, 0.717) is 13.2 Å². The van der Waals surface area contributed by atoms with E-state index in [4.69, 9.17) is 21.1 Å². The van der Waals surface area contributed by atoms with Gasteiger partial charge in [0.25, 0.3) is 0 Å². The molecule has 0 bridgehead atoms. The van der Waals surface area contributed by atoms with Crippen molar-refractivity contribution in [3.63, 3.8) is 0 Å². The highest BCUT2D eigenvalue weighted by Crippen LogP contribution is 2.24. The Hall–Kier alpha value is -3.13. The summed E-state index contributed by atoms with van der Waals surface area (Å²) < 4.78 is 11.4. The number of benzene rings is 1. The number of nitrogens with zero attached hydrogens (tertiary/aromatic N) is 3. The quantitative estimate of drug-likeness (QED) is 0.369. The molecular formula is C26H28ClN5O2. The number of halogens is 1. The van der Waals surface area contributed by atoms with Crippen molar-refractivity contribution >= 4 is 28.5 Å². The van der Waals surface area contributed by atoms with Crippen LogP contribution in [0.25, 0.3) is 11.0 Å². The lowest BCUT2D eigenvalue weighted by Crippen LogP contribution is -2.38. The van der Waals surface area contributed by atoms with Crippen molar-refractivity contribution in [2.75, 3.05) is 44.8 Å². The molecule has 5 rings (SSSR count). The Morgan fingerprint density at radius 2 is 1.85 bits per heavy atom. The molecule has 3 aromatic heterocycles. The topological polar surface area (TPSA) is 75.3 Å². The van der Waals surface area contributed by atoms with Crippen LogP contribution in [0.2, 0.25) is 5.02 Å². The summed E-state index contributed by atoms with van der Waals surface area (Å²) >= 11 is 5.95. The monoisotopic (exact) mass is 477 g/mol. The standard InChI is InChI=1S/C26H28ClN5O2/c27-22-4-1-19(2-5-22)15-28-25-6-3-20(16-29-25)13-21-17-30-26-24(21)14-23(18-31-26)34-12-9-32-7-10-33-11-8-32/h1-6,14,16-18H,7-13,15H2,(H,28,29)(H,30,31). The van der Waals surface area contributed by atoms with Gasteiger partial charge in [0, 0.05) is 55.4 Å². The number of hydrogen-bond acceptors (Lipinski definition) is 6. The maximum Gasteiger partial charge on any atom is 0.138 e. The number of morpholine rings is 1. The fourth-order valence-electron chi connectivity index (χ4n) is 4.03. The fourth-order valence-corrected chi connectivity index (χ4v) is 4.16. The summed E-state index contributed by atoms with van der Waals surface area (Å²) in [4.78, 5) is 14.7. The summed E-state index contributed by atoms with van der Waals surface area (Å²) in [6.45, 7) is 5.76. The van der Waals surface area contributed by atoms with Crippen molar-refractivity contribution in [2.45, 2.75) is 13.0 Å². The maximum absolute atomic E-state index is 5.99. The number of aromatic nitrogens is 3. The number of nitrogens with one attached hydrogen (secondary N) is 2. The number of rotatable bonds is 9. The third-order valence-electron chi connectivity index (χ3n) is 5.98. The van der Waals surface area contributed by atoms with Gasteiger partial charge in [-0.1, -0.05) is 29.8 Å². The van der Waals surface area contributed by atoms with Crippen molar-refractivity contribution < 1.29 is 9.47 Å². The molecule has 8 heteroatoms. The fraction of sp³-hybridized carbons (Fsp3) is 0.308. The summed E-state index contributed by atoms with van der Waals surface area (Å²) in [6.07, 6.45) is 6.48. The number of fused-ring (bicyclic) bond motifs is 1. The average molecular weight is 478 g/mol. The van der Waals surface area contributed by atoms with Gasteiger partial charge in [0.2, 0.25) is 0 Å². The molecule has 0 radical (unpaired) electrons. The third kappa shape index (κ3) is 5.86. The third-order valence-corrected chi connectivity index (χ3v) is 6.23. The number of H-pyrrole nitrogens is 1. The molecule has 34 heavy (non-hydrogen) atoms. The van der Waals surface area contributed by atoms with E-state index in [1.54, 1.807) is 6.20 Å². The number of anilines is 1. The zero-order valence-corrected chi connectivity index (χ0v) is 19.7. The Bertz CT molecular complexity index is 1200. The first-order valence-corrected chi connectivity index (χ1v) is 11.9. The molecule has 4 aromatic rings. The maximum atomic E-state index is 5.99. The lowest BCUT2D eigenvalue weighted by atomic mass is 10.1. The van der Waals surface area contributed by atoms with Gasteiger partial charge in [0.1, 0.15) is 23.8 Å². The number of aromatic amines is 1. The van der Waals surface area contributed by atoms with Crippen LogP contribution in [0, 0.1) is 0 Å². The molecule has 0 saturated carbocycles. The molecule has 0 atom stereocenters. The molecule has 0 spiro atoms. The van der Waals surface area contributed by atoms with Crippen LogP contribution in [-0.4, -0.2) is 59.3 Å². The van der Waals surface area contributed by atoms with E-state index in [2.05, 4.69) is 37.3 Å². The van der Waals surface area contributed by atoms with Crippen LogP contribution in [0.15, 0.2) is 61.1 Å². The second kappa shape index (κ2) is 10.9. The van der Waals surface area contributed by atoms with Crippen LogP contribution < -0.4 is 10.1 Å². The van der Waals surface area contributed by atoms with Crippen molar-refractivity contribution in [1.82, 2.24) is 19.9 Å². The largest absolute Gasteiger partial charge is 0.491 e. The van der Waals surface area contributed by atoms with Crippen molar-refractivity contribution in [3.8, 4) is 5.75 Å². The molecule has 1 aromatic carbocycles. The highest BCUT2D eigenvalue weighted by Gasteiger charge is 2.11. The summed E-state index contributed by atoms with van der Waals surface area (Å²) in [6, 6.07) is 14.0. The lowest BCUT2D eigenvalue weighted by Gasteiger charge is -2.26. The van der Waals surface area contributed by atoms with E-state index in [9.17, 15) is 0 Å². The number of ether oxygens (including phenoxy) is 2. The van der Waals surface area contributed by atoms with Gasteiger partial charge < -0.3 is 19.8 Å². The van der Waals surface area contributed by atoms with Gasteiger partial charge in [0.05, 0.1) is 19.4 Å². The smallest absolute Gasteiger partial charge is 0.138 e. The summed E-state index contributed by atoms with van der Waals surface area (Å²) in [5.74, 6) is 1.64. The lowest BCUT2D eigenvalue weighted by molar-refractivity contribution is 0.0322. The van der Waals surface area contributed by atoms with Crippen molar-refractivity contribution in [1.29, 1.82) is 0 Å². The van der Waals surface area contributed by atoms with Crippen LogP contribution in [-0.2, 0) is 17.7 Å². The molecule has 1 aliphatic heterocycles. The molecule has 1 aliphatic rings. The zero-order chi connectivity index (χ0) is 23.2. The first kappa shape index (κ1) is 22.7.